The number of halogens is 1. The van der Waals surface area contributed by atoms with Crippen LogP contribution in [0.25, 0.3) is 0 Å². The molecule has 0 saturated carbocycles. The SMILES string of the molecule is Cc1ccc(F)c(C(=O)c2ccc3c(c2)CNC3)c1. The van der Waals surface area contributed by atoms with Crippen LogP contribution in [-0.4, -0.2) is 5.78 Å². The predicted molar refractivity (Wildman–Crippen MR) is 71.6 cm³/mol. The van der Waals surface area contributed by atoms with Crippen molar-refractivity contribution in [1.29, 1.82) is 0 Å². The number of rotatable bonds is 2. The van der Waals surface area contributed by atoms with E-state index in [9.17, 15) is 9.18 Å². The summed E-state index contributed by atoms with van der Waals surface area (Å²) in [7, 11) is 0. The van der Waals surface area contributed by atoms with Gasteiger partial charge in [0.1, 0.15) is 5.82 Å². The van der Waals surface area contributed by atoms with Crippen LogP contribution in [0.2, 0.25) is 0 Å². The molecule has 0 fully saturated rings. The second kappa shape index (κ2) is 4.59. The Labute approximate surface area is 111 Å². The van der Waals surface area contributed by atoms with Crippen LogP contribution in [0.15, 0.2) is 36.4 Å². The minimum absolute atomic E-state index is 0.144. The highest BCUT2D eigenvalue weighted by Gasteiger charge is 2.17. The van der Waals surface area contributed by atoms with Gasteiger partial charge in [0.2, 0.25) is 0 Å². The number of carbonyl (C=O) groups is 1. The molecule has 19 heavy (non-hydrogen) atoms. The quantitative estimate of drug-likeness (QED) is 0.836. The lowest BCUT2D eigenvalue weighted by Gasteiger charge is -2.06. The van der Waals surface area contributed by atoms with E-state index < -0.39 is 5.82 Å². The Morgan fingerprint density at radius 3 is 2.74 bits per heavy atom. The largest absolute Gasteiger partial charge is 0.309 e. The molecule has 0 spiro atoms. The van der Waals surface area contributed by atoms with Gasteiger partial charge in [0.25, 0.3) is 0 Å². The average molecular weight is 255 g/mol. The van der Waals surface area contributed by atoms with Crippen LogP contribution in [0.4, 0.5) is 4.39 Å². The summed E-state index contributed by atoms with van der Waals surface area (Å²) in [6, 6.07) is 10.2. The van der Waals surface area contributed by atoms with Gasteiger partial charge in [0, 0.05) is 18.7 Å². The molecule has 3 heteroatoms. The fourth-order valence-electron chi connectivity index (χ4n) is 2.40. The molecule has 0 radical (unpaired) electrons. The Bertz CT molecular complexity index is 664. The molecule has 1 aliphatic heterocycles. The zero-order chi connectivity index (χ0) is 13.4. The summed E-state index contributed by atoms with van der Waals surface area (Å²) in [6.07, 6.45) is 0. The average Bonchev–Trinajstić information content (AvgIpc) is 2.88. The number of ketones is 1. The number of hydrogen-bond acceptors (Lipinski definition) is 2. The van der Waals surface area contributed by atoms with E-state index in [1.807, 2.05) is 19.1 Å². The van der Waals surface area contributed by atoms with E-state index in [1.165, 1.54) is 11.6 Å². The summed E-state index contributed by atoms with van der Waals surface area (Å²) in [6.45, 7) is 3.46. The molecule has 2 aromatic rings. The van der Waals surface area contributed by atoms with Gasteiger partial charge >= 0.3 is 0 Å². The van der Waals surface area contributed by atoms with E-state index in [0.29, 0.717) is 5.56 Å². The van der Waals surface area contributed by atoms with Crippen LogP contribution >= 0.6 is 0 Å². The molecule has 0 atom stereocenters. The first kappa shape index (κ1) is 12.1. The van der Waals surface area contributed by atoms with E-state index in [2.05, 4.69) is 5.32 Å². The Kier molecular flexibility index (Phi) is 2.91. The number of aryl methyl sites for hydroxylation is 1. The van der Waals surface area contributed by atoms with E-state index in [4.69, 9.17) is 0 Å². The number of benzene rings is 2. The maximum atomic E-state index is 13.7. The van der Waals surface area contributed by atoms with Crippen LogP contribution in [0.3, 0.4) is 0 Å². The van der Waals surface area contributed by atoms with Gasteiger partial charge < -0.3 is 5.32 Å². The van der Waals surface area contributed by atoms with Gasteiger partial charge in [-0.15, -0.1) is 0 Å². The smallest absolute Gasteiger partial charge is 0.195 e. The topological polar surface area (TPSA) is 29.1 Å². The van der Waals surface area contributed by atoms with Crippen molar-refractivity contribution in [2.45, 2.75) is 20.0 Å². The standard InChI is InChI=1S/C16H14FNO/c1-10-2-5-15(17)14(6-10)16(19)11-3-4-12-8-18-9-13(12)7-11/h2-7,18H,8-9H2,1H3. The monoisotopic (exact) mass is 255 g/mol. The highest BCUT2D eigenvalue weighted by atomic mass is 19.1. The predicted octanol–water partition coefficient (Wildman–Crippen LogP) is 2.97. The molecule has 2 aromatic carbocycles. The fourth-order valence-corrected chi connectivity index (χ4v) is 2.40. The third-order valence-electron chi connectivity index (χ3n) is 3.47. The Balaban J connectivity index is 2.02. The number of carbonyl (C=O) groups excluding carboxylic acids is 1. The first-order valence-corrected chi connectivity index (χ1v) is 6.28. The summed E-state index contributed by atoms with van der Waals surface area (Å²) < 4.78 is 13.7. The van der Waals surface area contributed by atoms with Crippen LogP contribution < -0.4 is 5.32 Å². The Morgan fingerprint density at radius 2 is 1.89 bits per heavy atom. The molecule has 1 heterocycles. The maximum Gasteiger partial charge on any atom is 0.195 e. The summed E-state index contributed by atoms with van der Waals surface area (Å²) in [5.74, 6) is -0.717. The minimum atomic E-state index is -0.464. The van der Waals surface area contributed by atoms with Crippen molar-refractivity contribution < 1.29 is 9.18 Å². The molecule has 0 bridgehead atoms. The molecule has 0 unspecified atom stereocenters. The minimum Gasteiger partial charge on any atom is -0.309 e. The van der Waals surface area contributed by atoms with Crippen LogP contribution in [-0.2, 0) is 13.1 Å². The number of hydrogen-bond donors (Lipinski definition) is 1. The summed E-state index contributed by atoms with van der Waals surface area (Å²) in [4.78, 5) is 12.4. The molecule has 2 nitrogen and oxygen atoms in total. The first-order chi connectivity index (χ1) is 9.15. The molecular formula is C16H14FNO. The highest BCUT2D eigenvalue weighted by Crippen LogP contribution is 2.20. The third-order valence-corrected chi connectivity index (χ3v) is 3.47. The van der Waals surface area contributed by atoms with Crippen molar-refractivity contribution in [2.75, 3.05) is 0 Å². The zero-order valence-corrected chi connectivity index (χ0v) is 10.7. The van der Waals surface area contributed by atoms with Gasteiger partial charge in [0.15, 0.2) is 5.78 Å². The summed E-state index contributed by atoms with van der Waals surface area (Å²) >= 11 is 0. The molecule has 1 N–H and O–H groups in total. The van der Waals surface area contributed by atoms with Crippen LogP contribution in [0.1, 0.15) is 32.6 Å². The molecule has 0 aliphatic carbocycles. The molecule has 1 aliphatic rings. The van der Waals surface area contributed by atoms with Gasteiger partial charge in [-0.25, -0.2) is 4.39 Å². The fraction of sp³-hybridized carbons (Fsp3) is 0.188. The third kappa shape index (κ3) is 2.17. The van der Waals surface area contributed by atoms with Gasteiger partial charge in [-0.2, -0.15) is 0 Å². The molecule has 0 aromatic heterocycles. The van der Waals surface area contributed by atoms with Crippen molar-refractivity contribution in [1.82, 2.24) is 5.32 Å². The summed E-state index contributed by atoms with van der Waals surface area (Å²) in [5, 5.41) is 3.23. The summed E-state index contributed by atoms with van der Waals surface area (Å²) in [5.41, 5.74) is 3.91. The first-order valence-electron chi connectivity index (χ1n) is 6.28. The van der Waals surface area contributed by atoms with E-state index in [1.54, 1.807) is 18.2 Å². The second-order valence-corrected chi connectivity index (χ2v) is 4.90. The van der Waals surface area contributed by atoms with Gasteiger partial charge in [-0.3, -0.25) is 4.79 Å². The van der Waals surface area contributed by atoms with E-state index in [-0.39, 0.29) is 11.3 Å². The van der Waals surface area contributed by atoms with Gasteiger partial charge in [-0.05, 0) is 36.2 Å². The van der Waals surface area contributed by atoms with E-state index in [0.717, 1.165) is 24.2 Å². The van der Waals surface area contributed by atoms with Crippen molar-refractivity contribution in [3.05, 3.63) is 70.0 Å². The maximum absolute atomic E-state index is 13.7. The van der Waals surface area contributed by atoms with Crippen molar-refractivity contribution in [2.24, 2.45) is 0 Å². The van der Waals surface area contributed by atoms with Crippen LogP contribution in [0.5, 0.6) is 0 Å². The molecule has 0 amide bonds. The second-order valence-electron chi connectivity index (χ2n) is 4.90. The normalized spacial score (nSPS) is 13.4. The lowest BCUT2D eigenvalue weighted by Crippen LogP contribution is -2.05. The van der Waals surface area contributed by atoms with E-state index >= 15 is 0 Å². The van der Waals surface area contributed by atoms with Crippen molar-refractivity contribution in [3.63, 3.8) is 0 Å². The van der Waals surface area contributed by atoms with Crippen molar-refractivity contribution >= 4 is 5.78 Å². The zero-order valence-electron chi connectivity index (χ0n) is 10.7. The molecule has 0 saturated heterocycles. The molecule has 3 rings (SSSR count). The number of fused-ring (bicyclic) bond motifs is 1. The van der Waals surface area contributed by atoms with Crippen LogP contribution in [0, 0.1) is 12.7 Å². The van der Waals surface area contributed by atoms with Gasteiger partial charge in [0.05, 0.1) is 5.56 Å². The number of nitrogens with one attached hydrogen (secondary N) is 1. The Hall–Kier alpha value is -2.00. The Morgan fingerprint density at radius 1 is 1.11 bits per heavy atom. The van der Waals surface area contributed by atoms with Gasteiger partial charge in [-0.1, -0.05) is 23.8 Å². The van der Waals surface area contributed by atoms with Crippen molar-refractivity contribution in [3.8, 4) is 0 Å². The highest BCUT2D eigenvalue weighted by molar-refractivity contribution is 6.09. The molecule has 96 valence electrons. The molecular weight excluding hydrogens is 241 g/mol. The lowest BCUT2D eigenvalue weighted by atomic mass is 9.98. The lowest BCUT2D eigenvalue weighted by molar-refractivity contribution is 0.103.